The molecule has 0 radical (unpaired) electrons. The summed E-state index contributed by atoms with van der Waals surface area (Å²) >= 11 is 9.93. The number of benzene rings is 2. The van der Waals surface area contributed by atoms with Crippen molar-refractivity contribution in [3.63, 3.8) is 0 Å². The van der Waals surface area contributed by atoms with Crippen LogP contribution in [0.15, 0.2) is 45.7 Å². The summed E-state index contributed by atoms with van der Waals surface area (Å²) in [5, 5.41) is 10.9. The lowest BCUT2D eigenvalue weighted by molar-refractivity contribution is 0.0898. The summed E-state index contributed by atoms with van der Waals surface area (Å²) in [4.78, 5) is 33.8. The number of hydrogen-bond donors (Lipinski definition) is 1. The summed E-state index contributed by atoms with van der Waals surface area (Å²) in [6.45, 7) is 3.34. The number of ether oxygens (including phenoxy) is 2. The molecule has 2 atom stereocenters. The van der Waals surface area contributed by atoms with E-state index in [1.807, 2.05) is 42.2 Å². The maximum Gasteiger partial charge on any atom is 0.410 e. The molecule has 1 N–H and O–H groups in total. The molecule has 9 nitrogen and oxygen atoms in total. The van der Waals surface area contributed by atoms with Gasteiger partial charge in [-0.05, 0) is 34.5 Å². The molecule has 11 heteroatoms. The van der Waals surface area contributed by atoms with Gasteiger partial charge in [0, 0.05) is 31.1 Å². The third-order valence-corrected chi connectivity index (χ3v) is 7.71. The molecule has 2 aromatic carbocycles. The van der Waals surface area contributed by atoms with Gasteiger partial charge in [0.05, 0.1) is 22.1 Å². The second-order valence-corrected chi connectivity index (χ2v) is 9.86. The highest BCUT2D eigenvalue weighted by atomic mass is 79.9. The Morgan fingerprint density at radius 2 is 2.09 bits per heavy atom. The van der Waals surface area contributed by atoms with Crippen LogP contribution in [0.5, 0.6) is 5.75 Å². The molecule has 1 aromatic heterocycles. The largest absolute Gasteiger partial charge is 0.488 e. The van der Waals surface area contributed by atoms with Gasteiger partial charge in [0.25, 0.3) is 0 Å². The summed E-state index contributed by atoms with van der Waals surface area (Å²) in [5.41, 5.74) is 0.994. The van der Waals surface area contributed by atoms with Crippen molar-refractivity contribution < 1.29 is 19.4 Å². The van der Waals surface area contributed by atoms with Gasteiger partial charge in [0.15, 0.2) is 5.75 Å². The first-order valence-electron chi connectivity index (χ1n) is 11.3. The monoisotopic (exact) mass is 562 g/mol. The minimum atomic E-state index is -0.541. The van der Waals surface area contributed by atoms with E-state index in [1.54, 1.807) is 11.0 Å². The number of halogens is 2. The Bertz CT molecular complexity index is 1340. The molecular weight excluding hydrogens is 540 g/mol. The Balaban J connectivity index is 1.43. The first kappa shape index (κ1) is 23.9. The fraction of sp³-hybridized carbons (Fsp3) is 0.375. The molecule has 0 aliphatic carbocycles. The Hall–Kier alpha value is -2.82. The minimum Gasteiger partial charge on any atom is -0.488 e. The van der Waals surface area contributed by atoms with Gasteiger partial charge in [-0.25, -0.2) is 9.59 Å². The number of piperazine rings is 1. The maximum absolute atomic E-state index is 13.1. The predicted octanol–water partition coefficient (Wildman–Crippen LogP) is 3.59. The van der Waals surface area contributed by atoms with Gasteiger partial charge in [-0.2, -0.15) is 4.98 Å². The number of carbonyl (C=O) groups excluding carboxylic acids is 1. The van der Waals surface area contributed by atoms with Gasteiger partial charge in [0.1, 0.15) is 24.5 Å². The molecule has 0 saturated carbocycles. The fourth-order valence-corrected chi connectivity index (χ4v) is 5.24. The highest BCUT2D eigenvalue weighted by Crippen LogP contribution is 2.44. The van der Waals surface area contributed by atoms with Crippen LogP contribution in [0.4, 0.5) is 10.6 Å². The van der Waals surface area contributed by atoms with Crippen molar-refractivity contribution in [3.05, 3.63) is 61.9 Å². The summed E-state index contributed by atoms with van der Waals surface area (Å²) in [5.74, 6) is 0.928. The molecule has 5 rings (SSSR count). The summed E-state index contributed by atoms with van der Waals surface area (Å²) in [7, 11) is 0. The van der Waals surface area contributed by atoms with Crippen LogP contribution in [0.3, 0.4) is 0 Å². The molecule has 2 aliphatic rings. The number of nitrogens with zero attached hydrogens (tertiary/aromatic N) is 4. The van der Waals surface area contributed by atoms with E-state index < -0.39 is 11.7 Å². The predicted molar refractivity (Wildman–Crippen MR) is 135 cm³/mol. The van der Waals surface area contributed by atoms with E-state index in [4.69, 9.17) is 21.1 Å². The maximum atomic E-state index is 13.1. The van der Waals surface area contributed by atoms with Gasteiger partial charge < -0.3 is 24.4 Å². The number of anilines is 1. The summed E-state index contributed by atoms with van der Waals surface area (Å²) < 4.78 is 13.4. The fourth-order valence-electron chi connectivity index (χ4n) is 4.63. The second-order valence-electron chi connectivity index (χ2n) is 8.66. The van der Waals surface area contributed by atoms with E-state index in [0.29, 0.717) is 51.6 Å². The highest BCUT2D eigenvalue weighted by Gasteiger charge is 2.33. The lowest BCUT2D eigenvalue weighted by Crippen LogP contribution is -2.54. The first-order valence-corrected chi connectivity index (χ1v) is 12.5. The van der Waals surface area contributed by atoms with Gasteiger partial charge >= 0.3 is 11.8 Å². The Kier molecular flexibility index (Phi) is 6.61. The molecule has 1 fully saturated rings. The van der Waals surface area contributed by atoms with Crippen molar-refractivity contribution in [2.24, 2.45) is 0 Å². The van der Waals surface area contributed by atoms with E-state index >= 15 is 0 Å². The van der Waals surface area contributed by atoms with E-state index in [0.717, 1.165) is 5.56 Å². The normalized spacial score (nSPS) is 19.5. The molecular formula is C24H24BrClN4O5. The first-order chi connectivity index (χ1) is 16.9. The standard InChI is InChI=1S/C24H24BrClN4O5/c1-14-10-28(24(33)35-12-15-5-3-2-4-6-15)7-8-29(14)22-17-9-18(26)19(25)21-20(17)30(23(32)27-22)16(11-31)13-34-21/h2-6,9,14,16,31H,7-8,10-13H2,1H3/t14-,16-/m0/s1. The number of aromatic nitrogens is 2. The Morgan fingerprint density at radius 1 is 1.31 bits per heavy atom. The third kappa shape index (κ3) is 4.34. The Morgan fingerprint density at radius 3 is 2.80 bits per heavy atom. The van der Waals surface area contributed by atoms with Crippen molar-refractivity contribution in [3.8, 4) is 5.75 Å². The van der Waals surface area contributed by atoms with Gasteiger partial charge in [-0.15, -0.1) is 0 Å². The van der Waals surface area contributed by atoms with Crippen LogP contribution in [-0.2, 0) is 11.3 Å². The molecule has 1 saturated heterocycles. The average molecular weight is 564 g/mol. The van der Waals surface area contributed by atoms with Gasteiger partial charge in [-0.3, -0.25) is 4.57 Å². The van der Waals surface area contributed by atoms with Crippen molar-refractivity contribution >= 4 is 50.3 Å². The zero-order valence-corrected chi connectivity index (χ0v) is 21.3. The molecule has 0 spiro atoms. The number of hydrogen-bond acceptors (Lipinski definition) is 7. The topological polar surface area (TPSA) is 97.1 Å². The second kappa shape index (κ2) is 9.67. The number of aliphatic hydroxyl groups excluding tert-OH is 1. The quantitative estimate of drug-likeness (QED) is 0.518. The van der Waals surface area contributed by atoms with E-state index in [9.17, 15) is 14.7 Å². The number of aliphatic hydroxyl groups is 1. The third-order valence-electron chi connectivity index (χ3n) is 6.40. The molecule has 2 aliphatic heterocycles. The van der Waals surface area contributed by atoms with Crippen molar-refractivity contribution in [1.82, 2.24) is 14.5 Å². The number of carbonyl (C=O) groups is 1. The van der Waals surface area contributed by atoms with E-state index in [1.165, 1.54) is 4.57 Å². The zero-order chi connectivity index (χ0) is 24.7. The molecule has 0 bridgehead atoms. The van der Waals surface area contributed by atoms with Gasteiger partial charge in [0.2, 0.25) is 0 Å². The summed E-state index contributed by atoms with van der Waals surface area (Å²) in [6, 6.07) is 10.6. The number of amides is 1. The molecule has 1 amide bonds. The van der Waals surface area contributed by atoms with Crippen LogP contribution in [-0.4, -0.2) is 64.5 Å². The zero-order valence-electron chi connectivity index (χ0n) is 19.0. The number of rotatable bonds is 4. The molecule has 0 unspecified atom stereocenters. The lowest BCUT2D eigenvalue weighted by atomic mass is 10.1. The van der Waals surface area contributed by atoms with Crippen LogP contribution in [0, 0.1) is 0 Å². The molecule has 3 heterocycles. The van der Waals surface area contributed by atoms with Gasteiger partial charge in [-0.1, -0.05) is 41.9 Å². The highest BCUT2D eigenvalue weighted by molar-refractivity contribution is 9.10. The van der Waals surface area contributed by atoms with Crippen LogP contribution < -0.4 is 15.3 Å². The van der Waals surface area contributed by atoms with Crippen molar-refractivity contribution in [2.45, 2.75) is 25.6 Å². The SMILES string of the molecule is C[C@H]1CN(C(=O)OCc2ccccc2)CCN1c1nc(=O)n2c3c(c(Br)c(Cl)cc13)OC[C@@H]2CO. The lowest BCUT2D eigenvalue weighted by Gasteiger charge is -2.40. The Labute approximate surface area is 214 Å². The average Bonchev–Trinajstić information content (AvgIpc) is 2.87. The molecule has 184 valence electrons. The smallest absolute Gasteiger partial charge is 0.410 e. The van der Waals surface area contributed by atoms with Crippen LogP contribution in [0.2, 0.25) is 5.02 Å². The van der Waals surface area contributed by atoms with Crippen LogP contribution in [0.1, 0.15) is 18.5 Å². The van der Waals surface area contributed by atoms with Crippen molar-refractivity contribution in [1.29, 1.82) is 0 Å². The minimum absolute atomic E-state index is 0.137. The van der Waals surface area contributed by atoms with Crippen LogP contribution >= 0.6 is 27.5 Å². The van der Waals surface area contributed by atoms with E-state index in [-0.39, 0.29) is 32.0 Å². The summed E-state index contributed by atoms with van der Waals surface area (Å²) in [6.07, 6.45) is -0.378. The molecule has 3 aromatic rings. The van der Waals surface area contributed by atoms with Crippen molar-refractivity contribution in [2.75, 3.05) is 37.7 Å². The van der Waals surface area contributed by atoms with E-state index in [2.05, 4.69) is 20.9 Å². The molecule has 35 heavy (non-hydrogen) atoms. The van der Waals surface area contributed by atoms with Crippen LogP contribution in [0.25, 0.3) is 10.9 Å².